The smallest absolute Gasteiger partial charge is 0.200 e. The van der Waals surface area contributed by atoms with Gasteiger partial charge in [-0.2, -0.15) is 0 Å². The van der Waals surface area contributed by atoms with Gasteiger partial charge in [-0.3, -0.25) is 3.59 Å². The van der Waals surface area contributed by atoms with Gasteiger partial charge in [0.2, 0.25) is 5.82 Å². The van der Waals surface area contributed by atoms with Crippen molar-refractivity contribution in [2.45, 2.75) is 0 Å². The Bertz CT molecular complexity index is 2160. The number of hydrogen-bond acceptors (Lipinski definition) is 2. The van der Waals surface area contributed by atoms with Crippen LogP contribution in [0.4, 0.5) is 22.0 Å². The van der Waals surface area contributed by atoms with Gasteiger partial charge in [-0.05, 0) is 136 Å². The zero-order valence-electron chi connectivity index (χ0n) is 20.1. The van der Waals surface area contributed by atoms with E-state index >= 15 is 8.78 Å². The Kier molecular flexibility index (Phi) is 8.88. The van der Waals surface area contributed by atoms with Gasteiger partial charge in [-0.25, -0.2) is 31.9 Å². The number of hydrogen-bond donors (Lipinski definition) is 1. The molecule has 0 fully saturated rings. The molecule has 5 heterocycles. The lowest BCUT2D eigenvalue weighted by atomic mass is 10.0. The minimum Gasteiger partial charge on any atom is -0.354 e. The van der Waals surface area contributed by atoms with E-state index in [1.807, 2.05) is 12.2 Å². The van der Waals surface area contributed by atoms with Gasteiger partial charge in [0, 0.05) is 5.57 Å². The first-order chi connectivity index (χ1) is 20.3. The zero-order chi connectivity index (χ0) is 31.2. The first kappa shape index (κ1) is 32.3. The zero-order valence-corrected chi connectivity index (χ0v) is 32.8. The summed E-state index contributed by atoms with van der Waals surface area (Å²) in [7, 11) is 0. The summed E-state index contributed by atoms with van der Waals surface area (Å²) >= 11 is 28.4. The van der Waals surface area contributed by atoms with Gasteiger partial charge in [0.1, 0.15) is 0 Å². The van der Waals surface area contributed by atoms with Crippen LogP contribution in [0.15, 0.2) is 39.0 Å². The van der Waals surface area contributed by atoms with Gasteiger partial charge in [-0.1, -0.05) is 0 Å². The summed E-state index contributed by atoms with van der Waals surface area (Å²) < 4.78 is 77.9. The number of rotatable bonds is 1. The Morgan fingerprint density at radius 2 is 1.05 bits per heavy atom. The largest absolute Gasteiger partial charge is 0.354 e. The van der Waals surface area contributed by atoms with Crippen LogP contribution in [0, 0.1) is 29.1 Å². The van der Waals surface area contributed by atoms with E-state index in [0.717, 1.165) is 0 Å². The van der Waals surface area contributed by atoms with Crippen LogP contribution in [0.25, 0.3) is 44.3 Å². The van der Waals surface area contributed by atoms with Gasteiger partial charge in [-0.15, -0.1) is 0 Å². The molecule has 17 heteroatoms. The third-order valence-electron chi connectivity index (χ3n) is 6.43. The predicted molar refractivity (Wildman–Crippen MR) is 185 cm³/mol. The van der Waals surface area contributed by atoms with Crippen molar-refractivity contribution in [1.29, 1.82) is 0 Å². The Balaban J connectivity index is 1.89. The van der Waals surface area contributed by atoms with E-state index in [1.165, 1.54) is 0 Å². The second kappa shape index (κ2) is 11.8. The van der Waals surface area contributed by atoms with E-state index < -0.39 is 34.6 Å². The second-order valence-corrected chi connectivity index (χ2v) is 15.1. The molecule has 0 aliphatic carbocycles. The molecule has 2 aliphatic heterocycles. The average molecular weight is 1110 g/mol. The lowest BCUT2D eigenvalue weighted by Crippen LogP contribution is -2.07. The van der Waals surface area contributed by atoms with Crippen molar-refractivity contribution < 1.29 is 22.0 Å². The van der Waals surface area contributed by atoms with Crippen LogP contribution < -0.4 is 0 Å². The summed E-state index contributed by atoms with van der Waals surface area (Å²) in [6, 6.07) is 3.39. The Labute approximate surface area is 305 Å². The molecule has 0 spiro atoms. The molecular formula is C26H5Br8F5N4. The topological polar surface area (TPSA) is 46.5 Å². The molecule has 0 atom stereocenters. The Hall–Kier alpha value is -0.690. The van der Waals surface area contributed by atoms with E-state index in [-0.39, 0.29) is 25.9 Å². The molecule has 8 bridgehead atoms. The van der Waals surface area contributed by atoms with Crippen LogP contribution in [-0.2, 0) is 0 Å². The molecule has 1 N–H and O–H groups in total. The van der Waals surface area contributed by atoms with Crippen LogP contribution in [0.3, 0.4) is 0 Å². The fourth-order valence-electron chi connectivity index (χ4n) is 4.41. The molecule has 220 valence electrons. The minimum atomic E-state index is -2.27. The Morgan fingerprint density at radius 1 is 0.558 bits per heavy atom. The van der Waals surface area contributed by atoms with Gasteiger partial charge >= 0.3 is 0 Å². The minimum absolute atomic E-state index is 0.0402. The predicted octanol–water partition coefficient (Wildman–Crippen LogP) is 12.7. The van der Waals surface area contributed by atoms with E-state index in [9.17, 15) is 13.2 Å². The van der Waals surface area contributed by atoms with Crippen molar-refractivity contribution in [1.82, 2.24) is 18.5 Å². The number of nitrogens with one attached hydrogen (secondary N) is 1. The fraction of sp³-hybridized carbons (Fsp3) is 0. The third-order valence-corrected chi connectivity index (χ3v) is 13.2. The van der Waals surface area contributed by atoms with Gasteiger partial charge in [0.05, 0.1) is 97.9 Å². The molecule has 2 aliphatic rings. The number of nitrogens with zero attached hydrogens (tertiary/aromatic N) is 3. The van der Waals surface area contributed by atoms with Crippen LogP contribution in [0.1, 0.15) is 28.3 Å². The molecule has 0 unspecified atom stereocenters. The number of benzene rings is 1. The quantitative estimate of drug-likeness (QED) is 0.103. The number of fused-ring (bicyclic) bond motifs is 8. The normalized spacial score (nSPS) is 13.0. The summed E-state index contributed by atoms with van der Waals surface area (Å²) in [5.74, 6) is -10.4. The molecule has 4 aromatic rings. The summed E-state index contributed by atoms with van der Waals surface area (Å²) in [6.07, 6.45) is 3.65. The molecule has 0 amide bonds. The molecular weight excluding hydrogens is 1100 g/mol. The van der Waals surface area contributed by atoms with Crippen LogP contribution in [-0.4, -0.2) is 18.5 Å². The lowest BCUT2D eigenvalue weighted by Gasteiger charge is -2.11. The van der Waals surface area contributed by atoms with E-state index in [1.54, 1.807) is 15.7 Å². The van der Waals surface area contributed by atoms with Crippen LogP contribution in [0.5, 0.6) is 0 Å². The first-order valence-electron chi connectivity index (χ1n) is 11.3. The summed E-state index contributed by atoms with van der Waals surface area (Å²) in [5.41, 5.74) is 1.72. The molecule has 4 nitrogen and oxygen atoms in total. The van der Waals surface area contributed by atoms with Crippen molar-refractivity contribution in [3.63, 3.8) is 0 Å². The molecule has 0 saturated carbocycles. The van der Waals surface area contributed by atoms with Gasteiger partial charge in [0.25, 0.3) is 0 Å². The maximum absolute atomic E-state index is 15.3. The van der Waals surface area contributed by atoms with E-state index in [4.69, 9.17) is 4.98 Å². The molecule has 0 saturated heterocycles. The Morgan fingerprint density at radius 3 is 1.63 bits per heavy atom. The maximum Gasteiger partial charge on any atom is 0.200 e. The number of aromatic nitrogens is 4. The van der Waals surface area contributed by atoms with Crippen molar-refractivity contribution in [2.75, 3.05) is 0 Å². The lowest BCUT2D eigenvalue weighted by molar-refractivity contribution is 0.376. The first-order valence-corrected chi connectivity index (χ1v) is 17.6. The molecule has 6 rings (SSSR count). The average Bonchev–Trinajstić information content (AvgIpc) is 3.76. The molecule has 3 aromatic heterocycles. The van der Waals surface area contributed by atoms with Gasteiger partial charge < -0.3 is 4.98 Å². The highest BCUT2D eigenvalue weighted by molar-refractivity contribution is 9.15. The highest BCUT2D eigenvalue weighted by atomic mass is 79.9. The van der Waals surface area contributed by atoms with Crippen molar-refractivity contribution in [2.24, 2.45) is 0 Å². The fourth-order valence-corrected chi connectivity index (χ4v) is 10.9. The second-order valence-electron chi connectivity index (χ2n) is 8.81. The number of H-pyrrole nitrogens is 1. The van der Waals surface area contributed by atoms with Crippen molar-refractivity contribution in [3.8, 4) is 0 Å². The van der Waals surface area contributed by atoms with E-state index in [0.29, 0.717) is 55.8 Å². The summed E-state index contributed by atoms with van der Waals surface area (Å²) in [5, 5.41) is 0. The van der Waals surface area contributed by atoms with Gasteiger partial charge in [0.15, 0.2) is 23.3 Å². The maximum atomic E-state index is 15.3. The van der Waals surface area contributed by atoms with E-state index in [2.05, 4.69) is 138 Å². The number of aromatic amines is 1. The van der Waals surface area contributed by atoms with Crippen LogP contribution >= 0.6 is 128 Å². The molecule has 0 radical (unpaired) electrons. The third kappa shape index (κ3) is 4.97. The van der Waals surface area contributed by atoms with Crippen molar-refractivity contribution >= 4 is 172 Å². The molecule has 1 aromatic carbocycles. The monoisotopic (exact) mass is 1100 g/mol. The molecule has 43 heavy (non-hydrogen) atoms. The summed E-state index contributed by atoms with van der Waals surface area (Å²) in [4.78, 5) is 12.6. The highest BCUT2D eigenvalue weighted by Crippen LogP contribution is 2.49. The SMILES string of the molecule is Fc1c(F)c(F)c(C2=C(Br)c3nc2c(Br)c2ccc([nH]2)c(Br)c2nc(c(Br)c4c(Br)c(Br)c(c3Br)n4Br)C=C2)c(F)c1F. The summed E-state index contributed by atoms with van der Waals surface area (Å²) in [6.45, 7) is 0. The number of halogens is 13. The van der Waals surface area contributed by atoms with Crippen LogP contribution in [0.2, 0.25) is 0 Å². The standard InChI is InChI=1S/C26H5Br8F5N4/c27-11-5-1-3-7(40-5)12(28)23-9(10-18(35)20(37)22(39)21(38)19(10)36)14(30)24(42-23)17(33)26-16(32)15(31)25(43(26)34)13(29)8-4-2-6(11)41-8/h1-4,40H. The van der Waals surface area contributed by atoms with Crippen molar-refractivity contribution in [3.05, 3.63) is 96.4 Å². The highest BCUT2D eigenvalue weighted by Gasteiger charge is 2.34.